The summed E-state index contributed by atoms with van der Waals surface area (Å²) in [4.78, 5) is 0. The van der Waals surface area contributed by atoms with Crippen LogP contribution in [-0.2, 0) is 11.3 Å². The number of ether oxygens (including phenoxy) is 1. The first-order chi connectivity index (χ1) is 7.00. The van der Waals surface area contributed by atoms with E-state index in [-0.39, 0.29) is 6.10 Å². The van der Waals surface area contributed by atoms with Gasteiger partial charge < -0.3 is 10.5 Å². The highest BCUT2D eigenvalue weighted by Gasteiger charge is 2.05. The highest BCUT2D eigenvalue weighted by molar-refractivity contribution is 5.48. The summed E-state index contributed by atoms with van der Waals surface area (Å²) in [5, 5.41) is 0. The second kappa shape index (κ2) is 5.17. The number of nitrogens with two attached hydrogens (primary N) is 1. The minimum absolute atomic E-state index is 0.243. The Morgan fingerprint density at radius 2 is 1.87 bits per heavy atom. The lowest BCUT2D eigenvalue weighted by Crippen LogP contribution is -2.05. The van der Waals surface area contributed by atoms with Gasteiger partial charge in [0.1, 0.15) is 0 Å². The molecule has 84 valence electrons. The number of anilines is 1. The molecule has 0 aliphatic carbocycles. The van der Waals surface area contributed by atoms with Gasteiger partial charge in [0.25, 0.3) is 0 Å². The molecule has 2 N–H and O–H groups in total. The third kappa shape index (κ3) is 3.56. The molecule has 0 saturated heterocycles. The molecule has 1 aromatic carbocycles. The average Bonchev–Trinajstić information content (AvgIpc) is 2.16. The van der Waals surface area contributed by atoms with E-state index in [9.17, 15) is 0 Å². The van der Waals surface area contributed by atoms with Crippen molar-refractivity contribution in [3.8, 4) is 0 Å². The second-order valence-corrected chi connectivity index (χ2v) is 4.47. The van der Waals surface area contributed by atoms with Crippen LogP contribution in [-0.4, -0.2) is 6.10 Å². The maximum absolute atomic E-state index is 5.90. The average molecular weight is 207 g/mol. The van der Waals surface area contributed by atoms with Crippen LogP contribution >= 0.6 is 0 Å². The van der Waals surface area contributed by atoms with Gasteiger partial charge in [-0.3, -0.25) is 0 Å². The molecule has 0 heterocycles. The first-order valence-corrected chi connectivity index (χ1v) is 5.50. The molecular weight excluding hydrogens is 186 g/mol. The van der Waals surface area contributed by atoms with E-state index in [4.69, 9.17) is 10.5 Å². The van der Waals surface area contributed by atoms with Crippen LogP contribution in [0.15, 0.2) is 18.2 Å². The molecule has 15 heavy (non-hydrogen) atoms. The summed E-state index contributed by atoms with van der Waals surface area (Å²) in [5.41, 5.74) is 9.12. The van der Waals surface area contributed by atoms with Crippen molar-refractivity contribution in [3.05, 3.63) is 29.3 Å². The minimum Gasteiger partial charge on any atom is -0.398 e. The van der Waals surface area contributed by atoms with Gasteiger partial charge in [0.2, 0.25) is 0 Å². The van der Waals surface area contributed by atoms with Crippen molar-refractivity contribution in [3.63, 3.8) is 0 Å². The van der Waals surface area contributed by atoms with Crippen molar-refractivity contribution in [1.82, 2.24) is 0 Å². The van der Waals surface area contributed by atoms with E-state index in [1.807, 2.05) is 19.9 Å². The molecule has 0 aromatic heterocycles. The van der Waals surface area contributed by atoms with E-state index in [1.54, 1.807) is 0 Å². The predicted octanol–water partition coefficient (Wildman–Crippen LogP) is 3.32. The van der Waals surface area contributed by atoms with E-state index in [1.165, 1.54) is 5.56 Å². The van der Waals surface area contributed by atoms with Crippen LogP contribution in [0.4, 0.5) is 5.69 Å². The Balaban J connectivity index is 2.81. The standard InChI is InChI=1S/C13H21NO/c1-9(2)11-5-6-13(14)12(7-11)8-15-10(3)4/h5-7,9-10H,8,14H2,1-4H3. The number of hydrogen-bond donors (Lipinski definition) is 1. The van der Waals surface area contributed by atoms with Gasteiger partial charge in [0.05, 0.1) is 12.7 Å². The summed E-state index contributed by atoms with van der Waals surface area (Å²) in [5.74, 6) is 0.531. The quantitative estimate of drug-likeness (QED) is 0.769. The van der Waals surface area contributed by atoms with Crippen LogP contribution in [0, 0.1) is 0 Å². The van der Waals surface area contributed by atoms with Gasteiger partial charge in [-0.25, -0.2) is 0 Å². The van der Waals surface area contributed by atoms with Crippen molar-refractivity contribution < 1.29 is 4.74 Å². The number of rotatable bonds is 4. The number of nitrogen functional groups attached to an aromatic ring is 1. The Hall–Kier alpha value is -1.02. The largest absolute Gasteiger partial charge is 0.398 e. The molecular formula is C13H21NO. The second-order valence-electron chi connectivity index (χ2n) is 4.47. The van der Waals surface area contributed by atoms with Crippen molar-refractivity contribution in [2.24, 2.45) is 0 Å². The normalized spacial score (nSPS) is 11.3. The summed E-state index contributed by atoms with van der Waals surface area (Å²) in [6.07, 6.45) is 0.243. The van der Waals surface area contributed by atoms with Crippen LogP contribution in [0.1, 0.15) is 44.7 Å². The zero-order valence-corrected chi connectivity index (χ0v) is 10.1. The molecule has 1 rings (SSSR count). The Kier molecular flexibility index (Phi) is 4.15. The lowest BCUT2D eigenvalue weighted by atomic mass is 10.00. The molecule has 0 aliphatic heterocycles. The molecule has 1 aromatic rings. The van der Waals surface area contributed by atoms with E-state index >= 15 is 0 Å². The monoisotopic (exact) mass is 207 g/mol. The van der Waals surface area contributed by atoms with E-state index in [0.717, 1.165) is 11.3 Å². The van der Waals surface area contributed by atoms with Crippen molar-refractivity contribution in [2.45, 2.75) is 46.3 Å². The van der Waals surface area contributed by atoms with E-state index < -0.39 is 0 Å². The van der Waals surface area contributed by atoms with E-state index in [0.29, 0.717) is 12.5 Å². The van der Waals surface area contributed by atoms with Gasteiger partial charge in [-0.2, -0.15) is 0 Å². The Labute approximate surface area is 92.4 Å². The Bertz CT molecular complexity index is 318. The Morgan fingerprint density at radius 1 is 1.20 bits per heavy atom. The molecule has 0 aliphatic rings. The predicted molar refractivity (Wildman–Crippen MR) is 64.9 cm³/mol. The molecule has 0 fully saturated rings. The fraction of sp³-hybridized carbons (Fsp3) is 0.538. The molecule has 0 saturated carbocycles. The zero-order valence-electron chi connectivity index (χ0n) is 10.1. The molecule has 0 amide bonds. The molecule has 0 radical (unpaired) electrons. The van der Waals surface area contributed by atoms with Gasteiger partial charge in [0, 0.05) is 11.3 Å². The third-order valence-corrected chi connectivity index (χ3v) is 2.41. The summed E-state index contributed by atoms with van der Waals surface area (Å²) in [7, 11) is 0. The zero-order chi connectivity index (χ0) is 11.4. The number of hydrogen-bond acceptors (Lipinski definition) is 2. The molecule has 2 nitrogen and oxygen atoms in total. The first kappa shape index (κ1) is 12.1. The molecule has 0 atom stereocenters. The van der Waals surface area contributed by atoms with Crippen LogP contribution in [0.25, 0.3) is 0 Å². The van der Waals surface area contributed by atoms with Gasteiger partial charge >= 0.3 is 0 Å². The van der Waals surface area contributed by atoms with Crippen LogP contribution in [0.3, 0.4) is 0 Å². The lowest BCUT2D eigenvalue weighted by molar-refractivity contribution is 0.0660. The number of benzene rings is 1. The van der Waals surface area contributed by atoms with Crippen LogP contribution in [0.5, 0.6) is 0 Å². The Morgan fingerprint density at radius 3 is 2.40 bits per heavy atom. The van der Waals surface area contributed by atoms with Gasteiger partial charge in [-0.1, -0.05) is 26.0 Å². The SMILES string of the molecule is CC(C)OCc1cc(C(C)C)ccc1N. The highest BCUT2D eigenvalue weighted by atomic mass is 16.5. The van der Waals surface area contributed by atoms with Crippen LogP contribution in [0.2, 0.25) is 0 Å². The first-order valence-electron chi connectivity index (χ1n) is 5.50. The smallest absolute Gasteiger partial charge is 0.0740 e. The topological polar surface area (TPSA) is 35.2 Å². The maximum atomic E-state index is 5.90. The van der Waals surface area contributed by atoms with Crippen LogP contribution < -0.4 is 5.73 Å². The fourth-order valence-corrected chi connectivity index (χ4v) is 1.37. The molecule has 0 unspecified atom stereocenters. The van der Waals surface area contributed by atoms with Crippen molar-refractivity contribution in [1.29, 1.82) is 0 Å². The summed E-state index contributed by atoms with van der Waals surface area (Å²) in [6, 6.07) is 6.19. The highest BCUT2D eigenvalue weighted by Crippen LogP contribution is 2.21. The maximum Gasteiger partial charge on any atom is 0.0740 e. The molecule has 0 spiro atoms. The molecule has 2 heteroatoms. The minimum atomic E-state index is 0.243. The van der Waals surface area contributed by atoms with Gasteiger partial charge in [-0.15, -0.1) is 0 Å². The summed E-state index contributed by atoms with van der Waals surface area (Å²) >= 11 is 0. The summed E-state index contributed by atoms with van der Waals surface area (Å²) in [6.45, 7) is 9.02. The van der Waals surface area contributed by atoms with E-state index in [2.05, 4.69) is 26.0 Å². The van der Waals surface area contributed by atoms with Gasteiger partial charge in [-0.05, 0) is 31.4 Å². The van der Waals surface area contributed by atoms with Crippen molar-refractivity contribution in [2.75, 3.05) is 5.73 Å². The third-order valence-electron chi connectivity index (χ3n) is 2.41. The lowest BCUT2D eigenvalue weighted by Gasteiger charge is -2.13. The summed E-state index contributed by atoms with van der Waals surface area (Å²) < 4.78 is 5.56. The van der Waals surface area contributed by atoms with Gasteiger partial charge in [0.15, 0.2) is 0 Å². The molecule has 0 bridgehead atoms. The van der Waals surface area contributed by atoms with Crippen molar-refractivity contribution >= 4 is 5.69 Å². The fourth-order valence-electron chi connectivity index (χ4n) is 1.37.